The van der Waals surface area contributed by atoms with Gasteiger partial charge in [-0.3, -0.25) is 0 Å². The van der Waals surface area contributed by atoms with E-state index in [9.17, 15) is 0 Å². The molecule has 6 heteroatoms. The topological polar surface area (TPSA) is 0 Å². The Morgan fingerprint density at radius 1 is 0.900 bits per heavy atom. The van der Waals surface area contributed by atoms with Gasteiger partial charge in [-0.05, 0) is 0 Å². The van der Waals surface area contributed by atoms with Crippen LogP contribution in [0.2, 0.25) is 0 Å². The second-order valence-corrected chi connectivity index (χ2v) is 22.3. The van der Waals surface area contributed by atoms with Crippen molar-refractivity contribution < 1.29 is 0 Å². The molecule has 0 rings (SSSR count). The highest BCUT2D eigenvalue weighted by Crippen LogP contribution is 2.35. The Balaban J connectivity index is 4.65. The molecule has 0 aliphatic carbocycles. The quantitative estimate of drug-likeness (QED) is 0.533. The van der Waals surface area contributed by atoms with Crippen molar-refractivity contribution >= 4 is 56.7 Å². The highest BCUT2D eigenvalue weighted by atomic mass is 35.9. The van der Waals surface area contributed by atoms with Crippen molar-refractivity contribution in [2.75, 3.05) is 0 Å². The van der Waals surface area contributed by atoms with Gasteiger partial charge in [-0.25, -0.2) is 0 Å². The minimum atomic E-state index is -2.83. The van der Waals surface area contributed by atoms with Crippen LogP contribution in [0.5, 0.6) is 0 Å². The fourth-order valence-corrected chi connectivity index (χ4v) is 6.50. The maximum atomic E-state index is 5.95. The number of hydrogen-bond acceptors (Lipinski definition) is 0. The normalized spacial score (nSPS) is 12.8. The Hall–Kier alpha value is 1.07. The summed E-state index contributed by atoms with van der Waals surface area (Å²) in [7, 11) is 0. The van der Waals surface area contributed by atoms with Crippen LogP contribution >= 0.6 is 44.3 Å². The number of rotatable bonds is 3. The van der Waals surface area contributed by atoms with Crippen molar-refractivity contribution in [2.24, 2.45) is 0 Å². The van der Waals surface area contributed by atoms with E-state index < -0.39 is 12.4 Å². The van der Waals surface area contributed by atoms with Gasteiger partial charge < -0.3 is 0 Å². The van der Waals surface area contributed by atoms with Crippen LogP contribution in [0.15, 0.2) is 24.6 Å². The fourth-order valence-electron chi connectivity index (χ4n) is 0.315. The van der Waals surface area contributed by atoms with Gasteiger partial charge in [0.05, 0.1) is 0 Å². The first kappa shape index (κ1) is 11.1. The molecule has 0 aromatic rings. The van der Waals surface area contributed by atoms with Crippen LogP contribution in [-0.4, -0.2) is 12.4 Å². The van der Waals surface area contributed by atoms with Crippen molar-refractivity contribution in [1.82, 2.24) is 0 Å². The molecule has 0 heterocycles. The highest BCUT2D eigenvalue weighted by Gasteiger charge is 2.49. The van der Waals surface area contributed by atoms with Crippen molar-refractivity contribution in [3.05, 3.63) is 24.6 Å². The molecule has 0 N–H and O–H groups in total. The fraction of sp³-hybridized carbons (Fsp3) is 0. The van der Waals surface area contributed by atoms with Crippen LogP contribution in [0.3, 0.4) is 0 Å². The second kappa shape index (κ2) is 3.65. The van der Waals surface area contributed by atoms with E-state index in [1.165, 1.54) is 11.4 Å². The highest BCUT2D eigenvalue weighted by molar-refractivity contribution is 7.97. The van der Waals surface area contributed by atoms with Gasteiger partial charge in [-0.15, -0.1) is 46.4 Å². The Kier molecular flexibility index (Phi) is 4.04. The molecule has 0 aromatic heterocycles. The molecular weight excluding hydrogens is 246 g/mol. The van der Waals surface area contributed by atoms with Gasteiger partial charge in [0.2, 0.25) is 6.90 Å². The summed E-state index contributed by atoms with van der Waals surface area (Å²) in [6.07, 6.45) is 0. The van der Waals surface area contributed by atoms with Gasteiger partial charge in [0, 0.05) is 0 Å². The SMILES string of the molecule is C=C[Si](Cl)(C=C)[Si](Cl)(Cl)Cl. The summed E-state index contributed by atoms with van der Waals surface area (Å²) in [5, 5.41) is 0. The molecular formula is C4H6Cl4Si2. The van der Waals surface area contributed by atoms with E-state index in [-0.39, 0.29) is 0 Å². The summed E-state index contributed by atoms with van der Waals surface area (Å²) in [5.74, 6) is 0. The first-order valence-corrected chi connectivity index (χ1v) is 11.6. The van der Waals surface area contributed by atoms with Crippen LogP contribution < -0.4 is 0 Å². The third kappa shape index (κ3) is 2.29. The molecule has 0 nitrogen and oxygen atoms in total. The van der Waals surface area contributed by atoms with Crippen LogP contribution in [0.25, 0.3) is 0 Å². The first-order valence-electron chi connectivity index (χ1n) is 2.40. The lowest BCUT2D eigenvalue weighted by Gasteiger charge is -2.20. The molecule has 0 saturated carbocycles. The van der Waals surface area contributed by atoms with E-state index in [0.717, 1.165) is 0 Å². The van der Waals surface area contributed by atoms with E-state index in [0.29, 0.717) is 0 Å². The zero-order chi connectivity index (χ0) is 8.41. The molecule has 0 amide bonds. The average molecular weight is 252 g/mol. The molecule has 0 fully saturated rings. The minimum absolute atomic E-state index is 1.53. The Labute approximate surface area is 81.0 Å². The zero-order valence-electron chi connectivity index (χ0n) is 5.08. The molecule has 0 aliphatic heterocycles. The maximum Gasteiger partial charge on any atom is 0.350 e. The van der Waals surface area contributed by atoms with Crippen LogP contribution in [0.4, 0.5) is 0 Å². The summed E-state index contributed by atoms with van der Waals surface area (Å²) in [4.78, 5) is 0. The smallest absolute Gasteiger partial charge is 0.155 e. The summed E-state index contributed by atoms with van der Waals surface area (Å²) in [6.45, 7) is 4.56. The first-order chi connectivity index (χ1) is 4.37. The molecule has 0 radical (unpaired) electrons. The average Bonchev–Trinajstić information content (AvgIpc) is 1.84. The lowest BCUT2D eigenvalue weighted by molar-refractivity contribution is 2.35. The Morgan fingerprint density at radius 2 is 1.20 bits per heavy atom. The third-order valence-electron chi connectivity index (χ3n) is 1.03. The lowest BCUT2D eigenvalue weighted by atomic mass is 11.2. The Morgan fingerprint density at radius 3 is 1.20 bits per heavy atom. The summed E-state index contributed by atoms with van der Waals surface area (Å²) >= 11 is 23.0. The van der Waals surface area contributed by atoms with E-state index >= 15 is 0 Å². The largest absolute Gasteiger partial charge is 0.350 e. The summed E-state index contributed by atoms with van der Waals surface area (Å²) in [6, 6.07) is 0. The van der Waals surface area contributed by atoms with E-state index in [2.05, 4.69) is 13.2 Å². The second-order valence-electron chi connectivity index (χ2n) is 1.67. The van der Waals surface area contributed by atoms with Gasteiger partial charge in [0.25, 0.3) is 0 Å². The molecule has 0 bridgehead atoms. The molecule has 0 atom stereocenters. The molecule has 0 saturated heterocycles. The van der Waals surface area contributed by atoms with E-state index in [4.69, 9.17) is 44.3 Å². The lowest BCUT2D eigenvalue weighted by Crippen LogP contribution is -2.44. The molecule has 10 heavy (non-hydrogen) atoms. The third-order valence-corrected chi connectivity index (χ3v) is 21.4. The van der Waals surface area contributed by atoms with E-state index in [1.54, 1.807) is 0 Å². The minimum Gasteiger partial charge on any atom is -0.155 e. The monoisotopic (exact) mass is 250 g/mol. The van der Waals surface area contributed by atoms with Crippen LogP contribution in [-0.2, 0) is 0 Å². The van der Waals surface area contributed by atoms with Crippen LogP contribution in [0.1, 0.15) is 0 Å². The van der Waals surface area contributed by atoms with Gasteiger partial charge in [0.15, 0.2) is 0 Å². The van der Waals surface area contributed by atoms with Crippen molar-refractivity contribution in [3.63, 3.8) is 0 Å². The van der Waals surface area contributed by atoms with Crippen LogP contribution in [0, 0.1) is 0 Å². The van der Waals surface area contributed by atoms with E-state index in [1.807, 2.05) is 0 Å². The number of halogens is 4. The molecule has 0 spiro atoms. The van der Waals surface area contributed by atoms with Gasteiger partial charge >= 0.3 is 5.52 Å². The molecule has 0 unspecified atom stereocenters. The van der Waals surface area contributed by atoms with Crippen molar-refractivity contribution in [1.29, 1.82) is 0 Å². The predicted octanol–water partition coefficient (Wildman–Crippen LogP) is 3.35. The standard InChI is InChI=1S/C4H6Cl4Si2/c1-3-9(5,4-2)10(6,7)8/h3-4H,1-2H2. The van der Waals surface area contributed by atoms with Gasteiger partial charge in [-0.2, -0.15) is 11.1 Å². The van der Waals surface area contributed by atoms with Crippen molar-refractivity contribution in [3.8, 4) is 0 Å². The predicted molar refractivity (Wildman–Crippen MR) is 55.3 cm³/mol. The maximum absolute atomic E-state index is 5.95. The Bertz CT molecular complexity index is 142. The van der Waals surface area contributed by atoms with Crippen molar-refractivity contribution in [2.45, 2.75) is 0 Å². The summed E-state index contributed by atoms with van der Waals surface area (Å²) < 4.78 is 0. The molecule has 0 aromatic carbocycles. The summed E-state index contributed by atoms with van der Waals surface area (Å²) in [5.41, 5.74) is 0.231. The number of hydrogen-bond donors (Lipinski definition) is 0. The molecule has 58 valence electrons. The van der Waals surface area contributed by atoms with Gasteiger partial charge in [-0.1, -0.05) is 11.4 Å². The van der Waals surface area contributed by atoms with Gasteiger partial charge in [0.1, 0.15) is 0 Å². The zero-order valence-corrected chi connectivity index (χ0v) is 10.1. The molecule has 0 aliphatic rings.